The van der Waals surface area contributed by atoms with Crippen molar-refractivity contribution in [2.45, 2.75) is 18.6 Å². The molecule has 0 radical (unpaired) electrons. The van der Waals surface area contributed by atoms with Gasteiger partial charge in [0.15, 0.2) is 6.04 Å². The molecule has 3 rings (SSSR count). The van der Waals surface area contributed by atoms with Gasteiger partial charge in [-0.2, -0.15) is 13.2 Å². The van der Waals surface area contributed by atoms with Gasteiger partial charge in [0.25, 0.3) is 0 Å². The van der Waals surface area contributed by atoms with Crippen LogP contribution in [0, 0.1) is 0 Å². The number of methoxy groups -OCH3 is 1. The summed E-state index contributed by atoms with van der Waals surface area (Å²) in [6, 6.07) is 6.17. The van der Waals surface area contributed by atoms with Gasteiger partial charge in [0.1, 0.15) is 5.75 Å². The Labute approximate surface area is 154 Å². The highest BCUT2D eigenvalue weighted by atomic mass is 19.4. The van der Waals surface area contributed by atoms with Crippen molar-refractivity contribution >= 4 is 17.3 Å². The van der Waals surface area contributed by atoms with Crippen molar-refractivity contribution in [3.63, 3.8) is 0 Å². The molecule has 11 heteroatoms. The second-order valence-corrected chi connectivity index (χ2v) is 5.73. The highest BCUT2D eigenvalue weighted by Gasteiger charge is 2.37. The molecule has 0 aromatic heterocycles. The van der Waals surface area contributed by atoms with E-state index in [-0.39, 0.29) is 16.9 Å². The molecular weight excluding hydrogens is 394 g/mol. The first kappa shape index (κ1) is 19.8. The first-order valence-corrected chi connectivity index (χ1v) is 7.70. The highest BCUT2D eigenvalue weighted by Crippen LogP contribution is 2.41. The quantitative estimate of drug-likeness (QED) is 0.602. The third-order valence-electron chi connectivity index (χ3n) is 3.93. The molecule has 1 heterocycles. The number of halogens is 6. The van der Waals surface area contributed by atoms with Crippen LogP contribution in [0.2, 0.25) is 0 Å². The molecule has 2 aromatic rings. The molecule has 0 bridgehead atoms. The van der Waals surface area contributed by atoms with Gasteiger partial charge in [0, 0.05) is 5.56 Å². The number of carbonyl (C=O) groups is 1. The number of carbonyl (C=O) groups excluding carboxylic acids is 1. The minimum absolute atomic E-state index is 0.119. The lowest BCUT2D eigenvalue weighted by Gasteiger charge is -2.21. The summed E-state index contributed by atoms with van der Waals surface area (Å²) < 4.78 is 84.1. The minimum atomic E-state index is -4.92. The molecule has 150 valence electrons. The van der Waals surface area contributed by atoms with Gasteiger partial charge in [0.2, 0.25) is 0 Å². The monoisotopic (exact) mass is 406 g/mol. The van der Waals surface area contributed by atoms with Crippen LogP contribution >= 0.6 is 0 Å². The van der Waals surface area contributed by atoms with Crippen LogP contribution in [-0.2, 0) is 15.7 Å². The molecule has 0 spiro atoms. The maximum Gasteiger partial charge on any atom is 0.573 e. The number of hydrazine groups is 1. The first-order valence-electron chi connectivity index (χ1n) is 7.70. The van der Waals surface area contributed by atoms with Gasteiger partial charge < -0.3 is 9.47 Å². The summed E-state index contributed by atoms with van der Waals surface area (Å²) >= 11 is 0. The number of nitrogens with one attached hydrogen (secondary N) is 1. The number of esters is 1. The van der Waals surface area contributed by atoms with E-state index in [1.807, 2.05) is 0 Å². The van der Waals surface area contributed by atoms with Crippen LogP contribution in [0.15, 0.2) is 42.5 Å². The molecule has 0 aliphatic carbocycles. The van der Waals surface area contributed by atoms with Crippen molar-refractivity contribution < 1.29 is 40.6 Å². The summed E-state index contributed by atoms with van der Waals surface area (Å²) in [4.78, 5) is 12.0. The topological polar surface area (TPSA) is 50.8 Å². The maximum atomic E-state index is 12.7. The van der Waals surface area contributed by atoms with Crippen LogP contribution in [-0.4, -0.2) is 19.4 Å². The summed E-state index contributed by atoms with van der Waals surface area (Å²) in [6.07, 6.45) is -9.44. The standard InChI is InChI=1S/C17H12F6N2O3/c1-27-15(26)14-12-8-11(28-17(21,22)23)6-7-13(12)25(24-14)10-4-2-9(3-5-10)16(18,19)20/h2-8,14,24H,1H3. The molecule has 0 amide bonds. The smallest absolute Gasteiger partial charge is 0.468 e. The third kappa shape index (κ3) is 3.98. The number of alkyl halides is 6. The van der Waals surface area contributed by atoms with E-state index in [0.29, 0.717) is 0 Å². The summed E-state index contributed by atoms with van der Waals surface area (Å²) in [7, 11) is 1.10. The Morgan fingerprint density at radius 2 is 1.68 bits per heavy atom. The lowest BCUT2D eigenvalue weighted by molar-refractivity contribution is -0.274. The normalized spacial score (nSPS) is 16.7. The number of ether oxygens (including phenoxy) is 2. The maximum absolute atomic E-state index is 12.7. The molecule has 1 aliphatic rings. The van der Waals surface area contributed by atoms with Gasteiger partial charge in [-0.25, -0.2) is 10.2 Å². The van der Waals surface area contributed by atoms with Gasteiger partial charge in [-0.1, -0.05) is 0 Å². The van der Waals surface area contributed by atoms with Crippen LogP contribution < -0.4 is 15.2 Å². The number of hydrogen-bond acceptors (Lipinski definition) is 5. The van der Waals surface area contributed by atoms with Crippen LogP contribution in [0.3, 0.4) is 0 Å². The number of hydrogen-bond donors (Lipinski definition) is 1. The fraction of sp³-hybridized carbons (Fsp3) is 0.235. The second-order valence-electron chi connectivity index (χ2n) is 5.73. The predicted octanol–water partition coefficient (Wildman–Crippen LogP) is 4.47. The average Bonchev–Trinajstić information content (AvgIpc) is 2.98. The zero-order valence-corrected chi connectivity index (χ0v) is 14.1. The van der Waals surface area contributed by atoms with Crippen molar-refractivity contribution in [3.05, 3.63) is 53.6 Å². The van der Waals surface area contributed by atoms with Gasteiger partial charge in [-0.3, -0.25) is 5.01 Å². The first-order chi connectivity index (χ1) is 13.0. The Morgan fingerprint density at radius 3 is 2.21 bits per heavy atom. The van der Waals surface area contributed by atoms with E-state index in [0.717, 1.165) is 31.4 Å². The fourth-order valence-corrected chi connectivity index (χ4v) is 2.74. The van der Waals surface area contributed by atoms with Crippen molar-refractivity contribution in [1.29, 1.82) is 0 Å². The Hall–Kier alpha value is -2.95. The van der Waals surface area contributed by atoms with Crippen molar-refractivity contribution in [2.75, 3.05) is 12.1 Å². The van der Waals surface area contributed by atoms with Crippen LogP contribution in [0.25, 0.3) is 0 Å². The average molecular weight is 406 g/mol. The number of benzene rings is 2. The van der Waals surface area contributed by atoms with E-state index in [1.165, 1.54) is 23.2 Å². The number of nitrogens with zero attached hydrogens (tertiary/aromatic N) is 1. The summed E-state index contributed by atoms with van der Waals surface area (Å²) in [5, 5.41) is 1.29. The molecular formula is C17H12F6N2O3. The highest BCUT2D eigenvalue weighted by molar-refractivity contribution is 5.85. The zero-order valence-electron chi connectivity index (χ0n) is 14.1. The molecule has 0 fully saturated rings. The Morgan fingerprint density at radius 1 is 1.04 bits per heavy atom. The summed E-state index contributed by atoms with van der Waals surface area (Å²) in [5.41, 5.74) is 2.47. The van der Waals surface area contributed by atoms with E-state index >= 15 is 0 Å². The van der Waals surface area contributed by atoms with Gasteiger partial charge in [0.05, 0.1) is 24.0 Å². The Bertz CT molecular complexity index is 880. The van der Waals surface area contributed by atoms with E-state index in [1.54, 1.807) is 0 Å². The molecule has 28 heavy (non-hydrogen) atoms. The Balaban J connectivity index is 1.99. The molecule has 5 nitrogen and oxygen atoms in total. The minimum Gasteiger partial charge on any atom is -0.468 e. The molecule has 1 unspecified atom stereocenters. The SMILES string of the molecule is COC(=O)C1NN(c2ccc(C(F)(F)F)cc2)c2ccc(OC(F)(F)F)cc21. The van der Waals surface area contributed by atoms with Gasteiger partial charge in [-0.15, -0.1) is 13.2 Å². The van der Waals surface area contributed by atoms with Crippen molar-refractivity contribution in [2.24, 2.45) is 0 Å². The third-order valence-corrected chi connectivity index (χ3v) is 3.93. The molecule has 1 atom stereocenters. The summed E-state index contributed by atoms with van der Waals surface area (Å²) in [5.74, 6) is -1.34. The molecule has 0 saturated heterocycles. The number of fused-ring (bicyclic) bond motifs is 1. The molecule has 1 aliphatic heterocycles. The van der Waals surface area contributed by atoms with E-state index in [9.17, 15) is 31.1 Å². The van der Waals surface area contributed by atoms with E-state index < -0.39 is 35.9 Å². The van der Waals surface area contributed by atoms with Crippen molar-refractivity contribution in [1.82, 2.24) is 5.43 Å². The van der Waals surface area contributed by atoms with Gasteiger partial charge in [-0.05, 0) is 42.5 Å². The molecule has 2 aromatic carbocycles. The Kier molecular flexibility index (Phi) is 4.88. The lowest BCUT2D eigenvalue weighted by Crippen LogP contribution is -2.34. The van der Waals surface area contributed by atoms with Crippen LogP contribution in [0.4, 0.5) is 37.7 Å². The van der Waals surface area contributed by atoms with E-state index in [2.05, 4.69) is 14.9 Å². The number of rotatable bonds is 3. The van der Waals surface area contributed by atoms with Crippen LogP contribution in [0.1, 0.15) is 17.2 Å². The van der Waals surface area contributed by atoms with Crippen LogP contribution in [0.5, 0.6) is 5.75 Å². The van der Waals surface area contributed by atoms with Crippen molar-refractivity contribution in [3.8, 4) is 5.75 Å². The van der Waals surface area contributed by atoms with E-state index in [4.69, 9.17) is 0 Å². The fourth-order valence-electron chi connectivity index (χ4n) is 2.74. The van der Waals surface area contributed by atoms with Gasteiger partial charge >= 0.3 is 18.5 Å². The zero-order chi connectivity index (χ0) is 20.7. The number of anilines is 2. The largest absolute Gasteiger partial charge is 0.573 e. The lowest BCUT2D eigenvalue weighted by atomic mass is 10.1. The molecule has 0 saturated carbocycles. The predicted molar refractivity (Wildman–Crippen MR) is 84.6 cm³/mol. The second kappa shape index (κ2) is 6.89. The summed E-state index contributed by atoms with van der Waals surface area (Å²) in [6.45, 7) is 0. The molecule has 1 N–H and O–H groups in total.